The molecule has 0 aromatic carbocycles. The van der Waals surface area contributed by atoms with Gasteiger partial charge in [-0.15, -0.1) is 0 Å². The number of nitrogens with one attached hydrogen (secondary N) is 1. The van der Waals surface area contributed by atoms with E-state index < -0.39 is 26.6 Å². The predicted octanol–water partition coefficient (Wildman–Crippen LogP) is 17.2. The van der Waals surface area contributed by atoms with Crippen LogP contribution in [0.4, 0.5) is 0 Å². The van der Waals surface area contributed by atoms with E-state index >= 15 is 0 Å². The average molecular weight is 1030 g/mol. The number of allylic oxidation sites excluding steroid dienone is 13. The number of hydrogen-bond donors (Lipinski definition) is 1. The fourth-order valence-corrected chi connectivity index (χ4v) is 8.74. The topological polar surface area (TPSA) is 114 Å². The Morgan fingerprint density at radius 1 is 0.500 bits per heavy atom. The van der Waals surface area contributed by atoms with E-state index in [1.807, 2.05) is 33.3 Å². The first-order chi connectivity index (χ1) is 34.9. The predicted molar refractivity (Wildman–Crippen MR) is 307 cm³/mol. The zero-order valence-corrected chi connectivity index (χ0v) is 48.3. The molecule has 0 aromatic rings. The fourth-order valence-electron chi connectivity index (χ4n) is 8.01. The lowest BCUT2D eigenvalue weighted by Crippen LogP contribution is -2.47. The lowest BCUT2D eigenvalue weighted by atomic mass is 10.0. The number of amides is 1. The lowest BCUT2D eigenvalue weighted by Gasteiger charge is -2.30. The number of nitrogens with zero attached hydrogens (tertiary/aromatic N) is 1. The molecule has 3 unspecified atom stereocenters. The van der Waals surface area contributed by atoms with Gasteiger partial charge in [0.15, 0.2) is 0 Å². The van der Waals surface area contributed by atoms with Crippen LogP contribution in [0.5, 0.6) is 0 Å². The van der Waals surface area contributed by atoms with Gasteiger partial charge < -0.3 is 28.5 Å². The summed E-state index contributed by atoms with van der Waals surface area (Å²) in [6.07, 6.45) is 66.9. The number of hydrogen-bond acceptors (Lipinski definition) is 7. The highest BCUT2D eigenvalue weighted by Crippen LogP contribution is 2.38. The van der Waals surface area contributed by atoms with Gasteiger partial charge >= 0.3 is 5.97 Å². The summed E-state index contributed by atoms with van der Waals surface area (Å²) in [5.41, 5.74) is 0. The van der Waals surface area contributed by atoms with Crippen molar-refractivity contribution in [1.82, 2.24) is 5.32 Å². The molecule has 1 amide bonds. The molecule has 0 aromatic heterocycles. The summed E-state index contributed by atoms with van der Waals surface area (Å²) < 4.78 is 30.2. The van der Waals surface area contributed by atoms with E-state index in [9.17, 15) is 19.0 Å². The molecule has 0 heterocycles. The van der Waals surface area contributed by atoms with Crippen molar-refractivity contribution in [3.05, 3.63) is 85.1 Å². The van der Waals surface area contributed by atoms with Crippen molar-refractivity contribution in [3.63, 3.8) is 0 Å². The molecule has 0 rings (SSSR count). The molecule has 0 radical (unpaired) electrons. The van der Waals surface area contributed by atoms with Crippen LogP contribution in [0.3, 0.4) is 0 Å². The quantitative estimate of drug-likeness (QED) is 0.0212. The molecule has 72 heavy (non-hydrogen) atoms. The summed E-state index contributed by atoms with van der Waals surface area (Å²) in [5.74, 6) is -0.589. The van der Waals surface area contributed by atoms with E-state index in [-0.39, 0.29) is 31.3 Å². The minimum Gasteiger partial charge on any atom is -0.756 e. The number of unbranched alkanes of at least 4 members (excludes halogenated alkanes) is 24. The van der Waals surface area contributed by atoms with E-state index in [4.69, 9.17) is 13.8 Å². The second-order valence-corrected chi connectivity index (χ2v) is 22.2. The van der Waals surface area contributed by atoms with Gasteiger partial charge in [-0.1, -0.05) is 215 Å². The van der Waals surface area contributed by atoms with Crippen molar-refractivity contribution in [1.29, 1.82) is 0 Å². The molecule has 3 atom stereocenters. The molecule has 416 valence electrons. The molecule has 1 N–H and O–H groups in total. The van der Waals surface area contributed by atoms with Gasteiger partial charge in [0.05, 0.1) is 33.8 Å². The van der Waals surface area contributed by atoms with Gasteiger partial charge in [0, 0.05) is 12.8 Å². The summed E-state index contributed by atoms with van der Waals surface area (Å²) in [4.78, 5) is 39.9. The Bertz CT molecular complexity index is 1510. The highest BCUT2D eigenvalue weighted by molar-refractivity contribution is 7.45. The SMILES string of the molecule is CC/C=C/C/C=C/C/C=C/C/C=C/CCCCCC(=O)NC(COP(=O)([O-])OCC[N+](C)(C)C)C(/C=C/CCCCCCCCCCCCC)OC(=O)CCCCCCCCC/C=C\C/C=C\CCCCC. The van der Waals surface area contributed by atoms with E-state index in [0.29, 0.717) is 23.9 Å². The zero-order valence-electron chi connectivity index (χ0n) is 47.4. The monoisotopic (exact) mass is 1030 g/mol. The van der Waals surface area contributed by atoms with Gasteiger partial charge in [0.1, 0.15) is 19.3 Å². The van der Waals surface area contributed by atoms with Gasteiger partial charge in [-0.2, -0.15) is 0 Å². The summed E-state index contributed by atoms with van der Waals surface area (Å²) in [6, 6.07) is -0.912. The van der Waals surface area contributed by atoms with Crippen LogP contribution in [0.15, 0.2) is 85.1 Å². The maximum absolute atomic E-state index is 13.5. The van der Waals surface area contributed by atoms with Crippen LogP contribution in [-0.4, -0.2) is 69.4 Å². The minimum atomic E-state index is -4.71. The first kappa shape index (κ1) is 69.2. The van der Waals surface area contributed by atoms with Crippen LogP contribution in [0.2, 0.25) is 0 Å². The lowest BCUT2D eigenvalue weighted by molar-refractivity contribution is -0.870. The number of phosphoric acid groups is 1. The summed E-state index contributed by atoms with van der Waals surface area (Å²) >= 11 is 0. The van der Waals surface area contributed by atoms with Crippen LogP contribution >= 0.6 is 7.82 Å². The number of esters is 1. The Balaban J connectivity index is 5.42. The van der Waals surface area contributed by atoms with Crippen molar-refractivity contribution in [2.24, 2.45) is 0 Å². The molecule has 0 aliphatic rings. The smallest absolute Gasteiger partial charge is 0.306 e. The van der Waals surface area contributed by atoms with Gasteiger partial charge in [-0.05, 0) is 102 Å². The Kier molecular flexibility index (Phi) is 49.6. The number of rotatable bonds is 52. The van der Waals surface area contributed by atoms with Crippen molar-refractivity contribution in [2.45, 2.75) is 258 Å². The molecular formula is C62H111N2O7P. The van der Waals surface area contributed by atoms with Crippen molar-refractivity contribution in [2.75, 3.05) is 40.9 Å². The zero-order chi connectivity index (χ0) is 52.9. The number of ether oxygens (including phenoxy) is 1. The van der Waals surface area contributed by atoms with Crippen LogP contribution in [0.25, 0.3) is 0 Å². The molecule has 0 spiro atoms. The first-order valence-electron chi connectivity index (χ1n) is 29.4. The maximum Gasteiger partial charge on any atom is 0.306 e. The van der Waals surface area contributed by atoms with Crippen LogP contribution in [0.1, 0.15) is 245 Å². The van der Waals surface area contributed by atoms with Crippen LogP contribution < -0.4 is 10.2 Å². The number of carbonyl (C=O) groups excluding carboxylic acids is 2. The van der Waals surface area contributed by atoms with Crippen molar-refractivity contribution >= 4 is 19.7 Å². The third kappa shape index (κ3) is 52.1. The Morgan fingerprint density at radius 3 is 1.38 bits per heavy atom. The summed E-state index contributed by atoms with van der Waals surface area (Å²) in [7, 11) is 1.15. The largest absolute Gasteiger partial charge is 0.756 e. The molecule has 0 aliphatic carbocycles. The van der Waals surface area contributed by atoms with E-state index in [1.54, 1.807) is 0 Å². The van der Waals surface area contributed by atoms with E-state index in [2.05, 4.69) is 99.0 Å². The van der Waals surface area contributed by atoms with Crippen LogP contribution in [0, 0.1) is 0 Å². The van der Waals surface area contributed by atoms with Gasteiger partial charge in [0.25, 0.3) is 7.82 Å². The van der Waals surface area contributed by atoms with Gasteiger partial charge in [-0.25, -0.2) is 0 Å². The Labute approximate surface area is 444 Å². The molecule has 10 heteroatoms. The fraction of sp³-hybridized carbons (Fsp3) is 0.742. The standard InChI is InChI=1S/C62H111N2O7P/c1-7-10-13-16-19-22-25-28-30-32-34-37-40-43-46-49-52-55-62(66)71-60(53-50-47-44-41-38-35-27-24-21-18-15-12-9-3)59(58-70-72(67,68)69-57-56-64(4,5)6)63-61(65)54-51-48-45-42-39-36-33-31-29-26-23-20-17-14-11-8-2/h11,14,19-20,22-23,28-31,36,39,50,53,59-60H,7-10,12-13,15-18,21,24-27,32-35,37-38,40-49,51-52,54-58H2,1-6H3,(H-,63,65,67,68)/b14-11+,22-19-,23-20+,30-28-,31-29+,39-36+,53-50+. The van der Waals surface area contributed by atoms with Crippen molar-refractivity contribution < 1.29 is 37.3 Å². The van der Waals surface area contributed by atoms with E-state index in [1.165, 1.54) is 103 Å². The second kappa shape index (κ2) is 51.7. The number of quaternary nitrogens is 1. The third-order valence-corrected chi connectivity index (χ3v) is 13.5. The third-order valence-electron chi connectivity index (χ3n) is 12.6. The van der Waals surface area contributed by atoms with E-state index in [0.717, 1.165) is 96.3 Å². The van der Waals surface area contributed by atoms with Gasteiger partial charge in [0.2, 0.25) is 5.91 Å². The molecule has 0 fully saturated rings. The minimum absolute atomic E-state index is 0.0335. The average Bonchev–Trinajstić information content (AvgIpc) is 3.34. The Morgan fingerprint density at radius 2 is 0.889 bits per heavy atom. The summed E-state index contributed by atoms with van der Waals surface area (Å²) in [5, 5.41) is 3.00. The molecule has 0 bridgehead atoms. The second-order valence-electron chi connectivity index (χ2n) is 20.8. The van der Waals surface area contributed by atoms with Crippen LogP contribution in [-0.2, 0) is 27.9 Å². The number of carbonyl (C=O) groups is 2. The number of likely N-dealkylation sites (N-methyl/N-ethyl adjacent to an activating group) is 1. The summed E-state index contributed by atoms with van der Waals surface area (Å²) in [6.45, 7) is 6.67. The molecular weight excluding hydrogens is 916 g/mol. The normalized spacial score (nSPS) is 14.4. The highest BCUT2D eigenvalue weighted by atomic mass is 31.2. The van der Waals surface area contributed by atoms with Gasteiger partial charge in [-0.3, -0.25) is 14.2 Å². The highest BCUT2D eigenvalue weighted by Gasteiger charge is 2.27. The maximum atomic E-state index is 13.5. The Hall–Kier alpha value is -2.81. The molecule has 0 saturated carbocycles. The van der Waals surface area contributed by atoms with Crippen molar-refractivity contribution in [3.8, 4) is 0 Å². The first-order valence-corrected chi connectivity index (χ1v) is 30.9. The molecule has 9 nitrogen and oxygen atoms in total. The molecule has 0 saturated heterocycles. The molecule has 0 aliphatic heterocycles. The number of phosphoric ester groups is 1.